The number of ether oxygens (including phenoxy) is 1. The Bertz CT molecular complexity index is 642. The molecule has 0 aliphatic carbocycles. The summed E-state index contributed by atoms with van der Waals surface area (Å²) in [4.78, 5) is 15.9. The van der Waals surface area contributed by atoms with Crippen molar-refractivity contribution < 1.29 is 4.74 Å². The number of nitrogens with zero attached hydrogens (tertiary/aromatic N) is 4. The Morgan fingerprint density at radius 2 is 2.45 bits per heavy atom. The lowest BCUT2D eigenvalue weighted by Crippen LogP contribution is -2.20. The van der Waals surface area contributed by atoms with Gasteiger partial charge in [0.15, 0.2) is 5.82 Å². The standard InChI is InChI=1S/C13H17N5O2/c1-17-5-4-14-12(13(17)19)16-10-7-15-18(8-10)9-11-3-2-6-20-11/h4-5,7-8,11H,2-3,6,9H2,1H3,(H,14,16). The fourth-order valence-electron chi connectivity index (χ4n) is 2.25. The lowest BCUT2D eigenvalue weighted by atomic mass is 10.2. The molecule has 0 spiro atoms. The van der Waals surface area contributed by atoms with Crippen molar-refractivity contribution in [2.24, 2.45) is 7.05 Å². The van der Waals surface area contributed by atoms with Gasteiger partial charge in [-0.15, -0.1) is 0 Å². The molecule has 1 aliphatic rings. The SMILES string of the molecule is Cn1ccnc(Nc2cnn(CC3CCCO3)c2)c1=O. The van der Waals surface area contributed by atoms with Gasteiger partial charge in [0.2, 0.25) is 0 Å². The van der Waals surface area contributed by atoms with Crippen molar-refractivity contribution in [1.29, 1.82) is 0 Å². The third-order valence-electron chi connectivity index (χ3n) is 3.33. The highest BCUT2D eigenvalue weighted by Gasteiger charge is 2.16. The van der Waals surface area contributed by atoms with Crippen LogP contribution in [0.1, 0.15) is 12.8 Å². The predicted molar refractivity (Wildman–Crippen MR) is 74.0 cm³/mol. The van der Waals surface area contributed by atoms with E-state index in [0.29, 0.717) is 5.82 Å². The first-order valence-corrected chi connectivity index (χ1v) is 6.65. The Morgan fingerprint density at radius 1 is 1.55 bits per heavy atom. The highest BCUT2D eigenvalue weighted by molar-refractivity contribution is 5.52. The van der Waals surface area contributed by atoms with E-state index in [9.17, 15) is 4.79 Å². The molecule has 7 heteroatoms. The predicted octanol–water partition coefficient (Wildman–Crippen LogP) is 0.899. The van der Waals surface area contributed by atoms with E-state index in [1.807, 2.05) is 10.9 Å². The van der Waals surface area contributed by atoms with Gasteiger partial charge in [0.05, 0.1) is 24.5 Å². The van der Waals surface area contributed by atoms with Crippen LogP contribution in [0.15, 0.2) is 29.6 Å². The summed E-state index contributed by atoms with van der Waals surface area (Å²) in [6.45, 7) is 1.57. The normalized spacial score (nSPS) is 18.4. The number of hydrogen-bond donors (Lipinski definition) is 1. The van der Waals surface area contributed by atoms with Gasteiger partial charge in [-0.3, -0.25) is 9.48 Å². The lowest BCUT2D eigenvalue weighted by molar-refractivity contribution is 0.0940. The summed E-state index contributed by atoms with van der Waals surface area (Å²) in [5, 5.41) is 7.26. The molecule has 20 heavy (non-hydrogen) atoms. The summed E-state index contributed by atoms with van der Waals surface area (Å²) in [6.07, 6.45) is 9.17. The molecular weight excluding hydrogens is 258 g/mol. The van der Waals surface area contributed by atoms with Gasteiger partial charge in [-0.2, -0.15) is 5.10 Å². The van der Waals surface area contributed by atoms with E-state index in [0.717, 1.165) is 31.7 Å². The van der Waals surface area contributed by atoms with Crippen molar-refractivity contribution in [1.82, 2.24) is 19.3 Å². The van der Waals surface area contributed by atoms with Crippen molar-refractivity contribution in [2.75, 3.05) is 11.9 Å². The van der Waals surface area contributed by atoms with Gasteiger partial charge < -0.3 is 14.6 Å². The highest BCUT2D eigenvalue weighted by atomic mass is 16.5. The maximum atomic E-state index is 11.8. The van der Waals surface area contributed by atoms with Crippen LogP contribution in [-0.4, -0.2) is 32.0 Å². The molecule has 2 aromatic rings. The van der Waals surface area contributed by atoms with Crippen molar-refractivity contribution in [3.05, 3.63) is 35.1 Å². The maximum Gasteiger partial charge on any atom is 0.293 e. The second kappa shape index (κ2) is 5.46. The maximum absolute atomic E-state index is 11.8. The molecule has 1 N–H and O–H groups in total. The summed E-state index contributed by atoms with van der Waals surface area (Å²) < 4.78 is 8.88. The van der Waals surface area contributed by atoms with Gasteiger partial charge in [0, 0.05) is 32.2 Å². The van der Waals surface area contributed by atoms with Crippen LogP contribution >= 0.6 is 0 Å². The van der Waals surface area contributed by atoms with Crippen LogP contribution in [0, 0.1) is 0 Å². The van der Waals surface area contributed by atoms with Gasteiger partial charge in [0.25, 0.3) is 5.56 Å². The first kappa shape index (κ1) is 12.9. The fraction of sp³-hybridized carbons (Fsp3) is 0.462. The molecule has 1 aliphatic heterocycles. The summed E-state index contributed by atoms with van der Waals surface area (Å²) in [7, 11) is 1.69. The Kier molecular flexibility index (Phi) is 3.51. The Morgan fingerprint density at radius 3 is 3.25 bits per heavy atom. The molecule has 0 aromatic carbocycles. The molecule has 2 aromatic heterocycles. The van der Waals surface area contributed by atoms with Crippen molar-refractivity contribution in [3.63, 3.8) is 0 Å². The molecule has 1 saturated heterocycles. The fourth-order valence-corrected chi connectivity index (χ4v) is 2.25. The first-order valence-electron chi connectivity index (χ1n) is 6.65. The molecule has 0 bridgehead atoms. The van der Waals surface area contributed by atoms with Crippen LogP contribution < -0.4 is 10.9 Å². The molecule has 3 rings (SSSR count). The zero-order chi connectivity index (χ0) is 13.9. The van der Waals surface area contributed by atoms with E-state index in [4.69, 9.17) is 4.74 Å². The average molecular weight is 275 g/mol. The highest BCUT2D eigenvalue weighted by Crippen LogP contribution is 2.15. The van der Waals surface area contributed by atoms with Crippen LogP contribution in [0.25, 0.3) is 0 Å². The van der Waals surface area contributed by atoms with Crippen LogP contribution in [0.2, 0.25) is 0 Å². The summed E-state index contributed by atoms with van der Waals surface area (Å²) >= 11 is 0. The minimum absolute atomic E-state index is 0.167. The van der Waals surface area contributed by atoms with E-state index >= 15 is 0 Å². The molecular formula is C13H17N5O2. The van der Waals surface area contributed by atoms with Crippen LogP contribution in [0.4, 0.5) is 11.5 Å². The van der Waals surface area contributed by atoms with Crippen LogP contribution in [0.5, 0.6) is 0 Å². The largest absolute Gasteiger partial charge is 0.376 e. The van der Waals surface area contributed by atoms with E-state index in [2.05, 4.69) is 15.4 Å². The topological polar surface area (TPSA) is 74.0 Å². The second-order valence-corrected chi connectivity index (χ2v) is 4.90. The Hall–Kier alpha value is -2.15. The van der Waals surface area contributed by atoms with Crippen molar-refractivity contribution >= 4 is 11.5 Å². The molecule has 7 nitrogen and oxygen atoms in total. The number of hydrogen-bond acceptors (Lipinski definition) is 5. The minimum Gasteiger partial charge on any atom is -0.376 e. The second-order valence-electron chi connectivity index (χ2n) is 4.90. The molecule has 0 radical (unpaired) electrons. The first-order chi connectivity index (χ1) is 9.72. The third-order valence-corrected chi connectivity index (χ3v) is 3.33. The molecule has 0 amide bonds. The van der Waals surface area contributed by atoms with Gasteiger partial charge in [-0.1, -0.05) is 0 Å². The zero-order valence-electron chi connectivity index (χ0n) is 11.3. The molecule has 106 valence electrons. The van der Waals surface area contributed by atoms with Crippen molar-refractivity contribution in [2.45, 2.75) is 25.5 Å². The number of aryl methyl sites for hydroxylation is 1. The molecule has 1 fully saturated rings. The molecule has 0 saturated carbocycles. The van der Waals surface area contributed by atoms with E-state index < -0.39 is 0 Å². The Balaban J connectivity index is 1.70. The monoisotopic (exact) mass is 275 g/mol. The zero-order valence-corrected chi connectivity index (χ0v) is 11.3. The summed E-state index contributed by atoms with van der Waals surface area (Å²) in [6, 6.07) is 0. The van der Waals surface area contributed by atoms with Gasteiger partial charge in [-0.25, -0.2) is 4.98 Å². The van der Waals surface area contributed by atoms with E-state index in [-0.39, 0.29) is 11.7 Å². The summed E-state index contributed by atoms with van der Waals surface area (Å²) in [5.74, 6) is 0.298. The van der Waals surface area contributed by atoms with Crippen LogP contribution in [0.3, 0.4) is 0 Å². The third kappa shape index (κ3) is 2.72. The van der Waals surface area contributed by atoms with Gasteiger partial charge >= 0.3 is 0 Å². The quantitative estimate of drug-likeness (QED) is 0.897. The molecule has 1 unspecified atom stereocenters. The van der Waals surface area contributed by atoms with Gasteiger partial charge in [0.1, 0.15) is 0 Å². The number of nitrogens with one attached hydrogen (secondary N) is 1. The lowest BCUT2D eigenvalue weighted by Gasteiger charge is -2.08. The van der Waals surface area contributed by atoms with E-state index in [1.54, 1.807) is 25.6 Å². The van der Waals surface area contributed by atoms with Gasteiger partial charge in [-0.05, 0) is 12.8 Å². The molecule has 3 heterocycles. The van der Waals surface area contributed by atoms with Crippen LogP contribution in [-0.2, 0) is 18.3 Å². The summed E-state index contributed by atoms with van der Waals surface area (Å²) in [5.41, 5.74) is 0.582. The van der Waals surface area contributed by atoms with E-state index in [1.165, 1.54) is 4.57 Å². The number of aromatic nitrogens is 4. The number of anilines is 2. The molecule has 1 atom stereocenters. The number of rotatable bonds is 4. The average Bonchev–Trinajstić information content (AvgIpc) is 3.08. The minimum atomic E-state index is -0.167. The smallest absolute Gasteiger partial charge is 0.293 e. The van der Waals surface area contributed by atoms with Crippen molar-refractivity contribution in [3.8, 4) is 0 Å². The Labute approximate surface area is 116 Å².